The summed E-state index contributed by atoms with van der Waals surface area (Å²) < 4.78 is 16.2. The molecule has 168 valence electrons. The fourth-order valence-corrected chi connectivity index (χ4v) is 2.78. The monoisotopic (exact) mass is 438 g/mol. The van der Waals surface area contributed by atoms with Gasteiger partial charge < -0.3 is 24.5 Å². The number of benzene rings is 2. The number of hydrogen-bond acceptors (Lipinski definition) is 7. The molecule has 1 unspecified atom stereocenters. The van der Waals surface area contributed by atoms with Gasteiger partial charge in [-0.15, -0.1) is 10.2 Å². The first-order valence-corrected chi connectivity index (χ1v) is 10.2. The van der Waals surface area contributed by atoms with Crippen molar-refractivity contribution in [3.63, 3.8) is 0 Å². The number of hydrogen-bond donors (Lipinski definition) is 2. The van der Waals surface area contributed by atoms with Crippen LogP contribution < -0.4 is 15.4 Å². The highest BCUT2D eigenvalue weighted by molar-refractivity contribution is 5.89. The maximum atomic E-state index is 12.5. The van der Waals surface area contributed by atoms with Crippen molar-refractivity contribution < 1.29 is 23.5 Å². The molecule has 2 aromatic carbocycles. The standard InChI is InChI=1S/C23H26N4O5/c1-14(2)25-23(29)24-13-16-5-7-18(8-6-16)22(28)31-15(3)20-26-27-21(32-20)17-9-11-19(30-4)12-10-17/h5-12,14-15H,13H2,1-4H3,(H2,24,25,29). The number of carbonyl (C=O) groups is 2. The first-order valence-electron chi connectivity index (χ1n) is 10.2. The van der Waals surface area contributed by atoms with E-state index in [2.05, 4.69) is 20.8 Å². The van der Waals surface area contributed by atoms with E-state index >= 15 is 0 Å². The molecule has 0 fully saturated rings. The zero-order valence-electron chi connectivity index (χ0n) is 18.4. The number of esters is 1. The molecule has 0 aliphatic carbocycles. The SMILES string of the molecule is COc1ccc(-c2nnc(C(C)OC(=O)c3ccc(CNC(=O)NC(C)C)cc3)o2)cc1. The minimum absolute atomic E-state index is 0.0558. The lowest BCUT2D eigenvalue weighted by atomic mass is 10.1. The Morgan fingerprint density at radius 1 is 1.00 bits per heavy atom. The lowest BCUT2D eigenvalue weighted by Crippen LogP contribution is -2.39. The van der Waals surface area contributed by atoms with Crippen LogP contribution in [0.4, 0.5) is 4.79 Å². The molecule has 0 bridgehead atoms. The van der Waals surface area contributed by atoms with Gasteiger partial charge in [0.2, 0.25) is 5.89 Å². The second-order valence-corrected chi connectivity index (χ2v) is 7.40. The molecule has 32 heavy (non-hydrogen) atoms. The van der Waals surface area contributed by atoms with Gasteiger partial charge in [0.15, 0.2) is 6.10 Å². The molecule has 0 saturated carbocycles. The Balaban J connectivity index is 1.56. The van der Waals surface area contributed by atoms with E-state index in [1.165, 1.54) is 0 Å². The zero-order chi connectivity index (χ0) is 23.1. The molecule has 3 rings (SSSR count). The topological polar surface area (TPSA) is 116 Å². The van der Waals surface area contributed by atoms with Crippen LogP contribution in [0.5, 0.6) is 5.75 Å². The summed E-state index contributed by atoms with van der Waals surface area (Å²) in [4.78, 5) is 24.1. The number of nitrogens with zero attached hydrogens (tertiary/aromatic N) is 2. The molecule has 9 nitrogen and oxygen atoms in total. The summed E-state index contributed by atoms with van der Waals surface area (Å²) >= 11 is 0. The van der Waals surface area contributed by atoms with Gasteiger partial charge in [-0.05, 0) is 62.7 Å². The smallest absolute Gasteiger partial charge is 0.338 e. The first-order chi connectivity index (χ1) is 15.4. The van der Waals surface area contributed by atoms with Crippen LogP contribution in [0.2, 0.25) is 0 Å². The Kier molecular flexibility index (Phi) is 7.43. The average molecular weight is 438 g/mol. The Labute approximate surface area is 186 Å². The zero-order valence-corrected chi connectivity index (χ0v) is 18.4. The van der Waals surface area contributed by atoms with E-state index in [1.54, 1.807) is 62.6 Å². The third-order valence-electron chi connectivity index (χ3n) is 4.47. The maximum absolute atomic E-state index is 12.5. The molecule has 1 atom stereocenters. The summed E-state index contributed by atoms with van der Waals surface area (Å²) in [6, 6.07) is 13.8. The highest BCUT2D eigenvalue weighted by Gasteiger charge is 2.20. The lowest BCUT2D eigenvalue weighted by Gasteiger charge is -2.11. The molecule has 9 heteroatoms. The summed E-state index contributed by atoms with van der Waals surface area (Å²) in [5.41, 5.74) is 1.96. The van der Waals surface area contributed by atoms with Crippen LogP contribution in [0.1, 0.15) is 48.7 Å². The van der Waals surface area contributed by atoms with Crippen molar-refractivity contribution in [1.29, 1.82) is 0 Å². The Hall–Kier alpha value is -3.88. The summed E-state index contributed by atoms with van der Waals surface area (Å²) in [5, 5.41) is 13.5. The number of amides is 2. The van der Waals surface area contributed by atoms with Crippen molar-refractivity contribution in [3.05, 3.63) is 65.5 Å². The lowest BCUT2D eigenvalue weighted by molar-refractivity contribution is 0.0280. The van der Waals surface area contributed by atoms with Gasteiger partial charge in [-0.3, -0.25) is 0 Å². The largest absolute Gasteiger partial charge is 0.497 e. The van der Waals surface area contributed by atoms with Crippen molar-refractivity contribution in [1.82, 2.24) is 20.8 Å². The number of carbonyl (C=O) groups excluding carboxylic acids is 2. The van der Waals surface area contributed by atoms with Crippen LogP contribution in [-0.2, 0) is 11.3 Å². The molecule has 2 N–H and O–H groups in total. The maximum Gasteiger partial charge on any atom is 0.338 e. The van der Waals surface area contributed by atoms with Crippen molar-refractivity contribution in [2.75, 3.05) is 7.11 Å². The molecule has 0 aliphatic heterocycles. The highest BCUT2D eigenvalue weighted by atomic mass is 16.6. The summed E-state index contributed by atoms with van der Waals surface area (Å²) in [7, 11) is 1.59. The van der Waals surface area contributed by atoms with Gasteiger partial charge in [-0.1, -0.05) is 12.1 Å². The highest BCUT2D eigenvalue weighted by Crippen LogP contribution is 2.24. The fourth-order valence-electron chi connectivity index (χ4n) is 2.78. The van der Waals surface area contributed by atoms with E-state index in [-0.39, 0.29) is 18.0 Å². The second kappa shape index (κ2) is 10.4. The van der Waals surface area contributed by atoms with E-state index in [9.17, 15) is 9.59 Å². The van der Waals surface area contributed by atoms with E-state index in [0.717, 1.165) is 16.9 Å². The number of urea groups is 1. The van der Waals surface area contributed by atoms with Gasteiger partial charge in [0, 0.05) is 18.2 Å². The third kappa shape index (κ3) is 6.07. The predicted octanol–water partition coefficient (Wildman–Crippen LogP) is 3.87. The molecule has 0 radical (unpaired) electrons. The van der Waals surface area contributed by atoms with Gasteiger partial charge in [0.25, 0.3) is 5.89 Å². The Morgan fingerprint density at radius 2 is 1.69 bits per heavy atom. The van der Waals surface area contributed by atoms with Crippen LogP contribution in [0.25, 0.3) is 11.5 Å². The van der Waals surface area contributed by atoms with Gasteiger partial charge >= 0.3 is 12.0 Å². The number of ether oxygens (including phenoxy) is 2. The van der Waals surface area contributed by atoms with E-state index < -0.39 is 12.1 Å². The quantitative estimate of drug-likeness (QED) is 0.513. The Morgan fingerprint density at radius 3 is 2.31 bits per heavy atom. The van der Waals surface area contributed by atoms with Gasteiger partial charge in [0.05, 0.1) is 12.7 Å². The van der Waals surface area contributed by atoms with Gasteiger partial charge in [-0.2, -0.15) is 0 Å². The molecular formula is C23H26N4O5. The van der Waals surface area contributed by atoms with Crippen LogP contribution in [0, 0.1) is 0 Å². The predicted molar refractivity (Wildman–Crippen MR) is 117 cm³/mol. The first kappa shape index (κ1) is 22.8. The summed E-state index contributed by atoms with van der Waals surface area (Å²) in [5.74, 6) is 0.722. The van der Waals surface area contributed by atoms with E-state index in [0.29, 0.717) is 18.0 Å². The summed E-state index contributed by atoms with van der Waals surface area (Å²) in [6.45, 7) is 5.78. The molecule has 1 aromatic heterocycles. The molecule has 3 aromatic rings. The average Bonchev–Trinajstić information content (AvgIpc) is 3.28. The third-order valence-corrected chi connectivity index (χ3v) is 4.47. The Bertz CT molecular complexity index is 1050. The van der Waals surface area contributed by atoms with Crippen molar-refractivity contribution >= 4 is 12.0 Å². The normalized spacial score (nSPS) is 11.7. The van der Waals surface area contributed by atoms with E-state index in [4.69, 9.17) is 13.9 Å². The van der Waals surface area contributed by atoms with Gasteiger partial charge in [-0.25, -0.2) is 9.59 Å². The van der Waals surface area contributed by atoms with Gasteiger partial charge in [0.1, 0.15) is 5.75 Å². The number of rotatable bonds is 8. The molecule has 1 heterocycles. The fraction of sp³-hybridized carbons (Fsp3) is 0.304. The number of aromatic nitrogens is 2. The molecule has 0 saturated heterocycles. The van der Waals surface area contributed by atoms with Crippen molar-refractivity contribution in [3.8, 4) is 17.2 Å². The minimum Gasteiger partial charge on any atom is -0.497 e. The van der Waals surface area contributed by atoms with Crippen LogP contribution >= 0.6 is 0 Å². The van der Waals surface area contributed by atoms with Crippen LogP contribution in [0.3, 0.4) is 0 Å². The summed E-state index contributed by atoms with van der Waals surface area (Å²) in [6.07, 6.45) is -0.719. The number of nitrogens with one attached hydrogen (secondary N) is 2. The molecule has 0 spiro atoms. The van der Waals surface area contributed by atoms with Crippen molar-refractivity contribution in [2.24, 2.45) is 0 Å². The second-order valence-electron chi connectivity index (χ2n) is 7.40. The van der Waals surface area contributed by atoms with Crippen LogP contribution in [-0.4, -0.2) is 35.3 Å². The van der Waals surface area contributed by atoms with Crippen LogP contribution in [0.15, 0.2) is 52.9 Å². The van der Waals surface area contributed by atoms with Crippen molar-refractivity contribution in [2.45, 2.75) is 39.5 Å². The molecule has 2 amide bonds. The minimum atomic E-state index is -0.719. The number of methoxy groups -OCH3 is 1. The molecular weight excluding hydrogens is 412 g/mol. The van der Waals surface area contributed by atoms with E-state index in [1.807, 2.05) is 13.8 Å². The molecule has 0 aliphatic rings.